The molecule has 0 atom stereocenters. The van der Waals surface area contributed by atoms with Crippen molar-refractivity contribution in [2.75, 3.05) is 5.84 Å². The molecule has 0 saturated heterocycles. The first kappa shape index (κ1) is 9.86. The summed E-state index contributed by atoms with van der Waals surface area (Å²) in [5.74, 6) is 5.40. The van der Waals surface area contributed by atoms with Crippen LogP contribution in [0.1, 0.15) is 5.56 Å². The molecule has 0 aliphatic heterocycles. The van der Waals surface area contributed by atoms with E-state index in [-0.39, 0.29) is 18.2 Å². The van der Waals surface area contributed by atoms with E-state index < -0.39 is 0 Å². The lowest BCUT2D eigenvalue weighted by Crippen LogP contribution is -2.04. The number of aromatic nitrogens is 1. The lowest BCUT2D eigenvalue weighted by molar-refractivity contribution is 0.629. The quantitative estimate of drug-likeness (QED) is 0.650. The Morgan fingerprint density at radius 2 is 2.08 bits per heavy atom. The van der Waals surface area contributed by atoms with Gasteiger partial charge in [0.1, 0.15) is 5.82 Å². The summed E-state index contributed by atoms with van der Waals surface area (Å²) in [6.45, 7) is 1.91. The maximum Gasteiger partial charge on any atom is 0.123 e. The van der Waals surface area contributed by atoms with E-state index in [4.69, 9.17) is 5.84 Å². The van der Waals surface area contributed by atoms with E-state index in [0.717, 1.165) is 16.5 Å². The number of halogens is 2. The molecule has 1 heterocycles. The van der Waals surface area contributed by atoms with Gasteiger partial charge in [-0.3, -0.25) is 4.68 Å². The molecule has 0 amide bonds. The second-order valence-corrected chi connectivity index (χ2v) is 2.88. The zero-order valence-electron chi connectivity index (χ0n) is 7.12. The Hall–Kier alpha value is -1.22. The number of hydrogen-bond donors (Lipinski definition) is 1. The minimum Gasteiger partial charge on any atom is -0.339 e. The van der Waals surface area contributed by atoms with Crippen LogP contribution >= 0.6 is 12.4 Å². The van der Waals surface area contributed by atoms with Crippen molar-refractivity contribution in [3.8, 4) is 0 Å². The summed E-state index contributed by atoms with van der Waals surface area (Å²) < 4.78 is 14.3. The van der Waals surface area contributed by atoms with Gasteiger partial charge >= 0.3 is 0 Å². The molecule has 0 saturated carbocycles. The summed E-state index contributed by atoms with van der Waals surface area (Å²) in [5.41, 5.74) is 1.85. The van der Waals surface area contributed by atoms with E-state index in [1.54, 1.807) is 12.3 Å². The third kappa shape index (κ3) is 1.47. The van der Waals surface area contributed by atoms with Crippen molar-refractivity contribution in [3.05, 3.63) is 35.8 Å². The summed E-state index contributed by atoms with van der Waals surface area (Å²) in [6, 6.07) is 4.58. The number of nitrogens with two attached hydrogens (primary N) is 1. The van der Waals surface area contributed by atoms with Gasteiger partial charge in [0.05, 0.1) is 5.52 Å². The molecule has 2 aromatic rings. The van der Waals surface area contributed by atoms with Gasteiger partial charge < -0.3 is 5.84 Å². The molecule has 0 bridgehead atoms. The zero-order chi connectivity index (χ0) is 8.72. The fourth-order valence-electron chi connectivity index (χ4n) is 1.40. The summed E-state index contributed by atoms with van der Waals surface area (Å²) >= 11 is 0. The van der Waals surface area contributed by atoms with Gasteiger partial charge in [-0.1, -0.05) is 0 Å². The van der Waals surface area contributed by atoms with Crippen LogP contribution in [0.25, 0.3) is 10.9 Å². The molecule has 4 heteroatoms. The molecular formula is C9H10ClFN2. The largest absolute Gasteiger partial charge is 0.339 e. The van der Waals surface area contributed by atoms with Crippen molar-refractivity contribution in [1.29, 1.82) is 0 Å². The zero-order valence-corrected chi connectivity index (χ0v) is 7.94. The number of benzene rings is 1. The Kier molecular flexibility index (Phi) is 2.48. The van der Waals surface area contributed by atoms with Crippen molar-refractivity contribution in [3.63, 3.8) is 0 Å². The molecular weight excluding hydrogens is 191 g/mol. The molecule has 0 unspecified atom stereocenters. The van der Waals surface area contributed by atoms with Gasteiger partial charge in [0.15, 0.2) is 0 Å². The van der Waals surface area contributed by atoms with Crippen LogP contribution in [0.3, 0.4) is 0 Å². The van der Waals surface area contributed by atoms with Crippen molar-refractivity contribution < 1.29 is 4.39 Å². The SMILES string of the molecule is Cc1cn(N)c2ccc(F)cc12.Cl. The number of nitrogen functional groups attached to an aromatic ring is 1. The van der Waals surface area contributed by atoms with Gasteiger partial charge in [0, 0.05) is 11.6 Å². The smallest absolute Gasteiger partial charge is 0.123 e. The highest BCUT2D eigenvalue weighted by Crippen LogP contribution is 2.19. The van der Waals surface area contributed by atoms with Gasteiger partial charge in [-0.2, -0.15) is 0 Å². The molecule has 2 rings (SSSR count). The topological polar surface area (TPSA) is 30.9 Å². The molecule has 0 aliphatic rings. The highest BCUT2D eigenvalue weighted by molar-refractivity contribution is 5.85. The van der Waals surface area contributed by atoms with Crippen molar-refractivity contribution in [2.45, 2.75) is 6.92 Å². The summed E-state index contributed by atoms with van der Waals surface area (Å²) in [7, 11) is 0. The van der Waals surface area contributed by atoms with Crippen molar-refractivity contribution in [1.82, 2.24) is 4.68 Å². The number of aryl methyl sites for hydroxylation is 1. The Balaban J connectivity index is 0.000000845. The van der Waals surface area contributed by atoms with Gasteiger partial charge in [0.25, 0.3) is 0 Å². The second kappa shape index (κ2) is 3.26. The average Bonchev–Trinajstić information content (AvgIpc) is 2.28. The lowest BCUT2D eigenvalue weighted by atomic mass is 10.2. The Morgan fingerprint density at radius 3 is 2.77 bits per heavy atom. The first-order valence-electron chi connectivity index (χ1n) is 3.71. The van der Waals surface area contributed by atoms with Gasteiger partial charge in [-0.05, 0) is 30.7 Å². The molecule has 1 aromatic heterocycles. The van der Waals surface area contributed by atoms with Crippen LogP contribution in [0, 0.1) is 12.7 Å². The molecule has 2 nitrogen and oxygen atoms in total. The Bertz CT molecular complexity index is 436. The van der Waals surface area contributed by atoms with E-state index in [0.29, 0.717) is 0 Å². The Morgan fingerprint density at radius 1 is 1.38 bits per heavy atom. The van der Waals surface area contributed by atoms with Crippen LogP contribution in [0.4, 0.5) is 4.39 Å². The molecule has 13 heavy (non-hydrogen) atoms. The van der Waals surface area contributed by atoms with Crippen LogP contribution in [-0.4, -0.2) is 4.68 Å². The van der Waals surface area contributed by atoms with Crippen LogP contribution < -0.4 is 5.84 Å². The van der Waals surface area contributed by atoms with Gasteiger partial charge in [-0.15, -0.1) is 12.4 Å². The molecule has 1 aromatic carbocycles. The second-order valence-electron chi connectivity index (χ2n) is 2.88. The van der Waals surface area contributed by atoms with E-state index in [1.165, 1.54) is 16.8 Å². The van der Waals surface area contributed by atoms with E-state index in [2.05, 4.69) is 0 Å². The van der Waals surface area contributed by atoms with Crippen LogP contribution in [0.2, 0.25) is 0 Å². The van der Waals surface area contributed by atoms with Gasteiger partial charge in [-0.25, -0.2) is 4.39 Å². The number of fused-ring (bicyclic) bond motifs is 1. The van der Waals surface area contributed by atoms with Crippen molar-refractivity contribution in [2.24, 2.45) is 0 Å². The predicted molar refractivity (Wildman–Crippen MR) is 54.0 cm³/mol. The third-order valence-corrected chi connectivity index (χ3v) is 1.99. The molecule has 70 valence electrons. The van der Waals surface area contributed by atoms with Crippen molar-refractivity contribution >= 4 is 23.3 Å². The van der Waals surface area contributed by atoms with E-state index in [9.17, 15) is 4.39 Å². The maximum atomic E-state index is 12.8. The van der Waals surface area contributed by atoms with Crippen LogP contribution in [0.15, 0.2) is 24.4 Å². The van der Waals surface area contributed by atoms with Crippen LogP contribution in [-0.2, 0) is 0 Å². The number of hydrogen-bond acceptors (Lipinski definition) is 1. The van der Waals surface area contributed by atoms with Crippen LogP contribution in [0.5, 0.6) is 0 Å². The summed E-state index contributed by atoms with van der Waals surface area (Å²) in [6.07, 6.45) is 1.78. The minimum absolute atomic E-state index is 0. The normalized spacial score (nSPS) is 10.0. The monoisotopic (exact) mass is 200 g/mol. The number of rotatable bonds is 0. The van der Waals surface area contributed by atoms with E-state index in [1.807, 2.05) is 6.92 Å². The minimum atomic E-state index is -0.225. The predicted octanol–water partition coefficient (Wildman–Crippen LogP) is 2.22. The molecule has 0 aliphatic carbocycles. The number of nitrogens with zero attached hydrogens (tertiary/aromatic N) is 1. The van der Waals surface area contributed by atoms with Gasteiger partial charge in [0.2, 0.25) is 0 Å². The lowest BCUT2D eigenvalue weighted by Gasteiger charge is -1.94. The maximum absolute atomic E-state index is 12.8. The highest BCUT2D eigenvalue weighted by Gasteiger charge is 2.03. The summed E-state index contributed by atoms with van der Waals surface area (Å²) in [4.78, 5) is 0. The van der Waals surface area contributed by atoms with E-state index >= 15 is 0 Å². The first-order chi connectivity index (χ1) is 5.68. The highest BCUT2D eigenvalue weighted by atomic mass is 35.5. The molecule has 2 N–H and O–H groups in total. The molecule has 0 spiro atoms. The molecule has 0 radical (unpaired) electrons. The first-order valence-corrected chi connectivity index (χ1v) is 3.71. The average molecular weight is 201 g/mol. The summed E-state index contributed by atoms with van der Waals surface area (Å²) in [5, 5.41) is 0.873. The molecule has 0 fully saturated rings. The Labute approximate surface area is 81.5 Å². The standard InChI is InChI=1S/C9H9FN2.ClH/c1-6-5-12(11)9-3-2-7(10)4-8(6)9;/h2-5H,11H2,1H3;1H. The fraction of sp³-hybridized carbons (Fsp3) is 0.111. The third-order valence-electron chi connectivity index (χ3n) is 1.99. The fourth-order valence-corrected chi connectivity index (χ4v) is 1.40.